The molecule has 2 rings (SSSR count). The van der Waals surface area contributed by atoms with Crippen molar-refractivity contribution in [2.75, 3.05) is 20.1 Å². The van der Waals surface area contributed by atoms with Gasteiger partial charge in [0.05, 0.1) is 10.3 Å². The van der Waals surface area contributed by atoms with E-state index in [9.17, 15) is 8.42 Å². The summed E-state index contributed by atoms with van der Waals surface area (Å²) in [4.78, 5) is 0.390. The van der Waals surface area contributed by atoms with E-state index in [-0.39, 0.29) is 5.41 Å². The van der Waals surface area contributed by atoms with Crippen molar-refractivity contribution in [2.24, 2.45) is 0 Å². The van der Waals surface area contributed by atoms with E-state index in [0.717, 1.165) is 11.3 Å². The molecular formula is C16H25N2O2S+. The molecule has 0 aromatic heterocycles. The first-order valence-electron chi connectivity index (χ1n) is 7.40. The van der Waals surface area contributed by atoms with Gasteiger partial charge < -0.3 is 0 Å². The highest BCUT2D eigenvalue weighted by molar-refractivity contribution is 7.89. The van der Waals surface area contributed by atoms with Crippen molar-refractivity contribution >= 4 is 21.4 Å². The van der Waals surface area contributed by atoms with Crippen molar-refractivity contribution < 1.29 is 13.0 Å². The summed E-state index contributed by atoms with van der Waals surface area (Å²) >= 11 is 0. The predicted molar refractivity (Wildman–Crippen MR) is 86.1 cm³/mol. The zero-order valence-corrected chi connectivity index (χ0v) is 14.6. The molecule has 0 radical (unpaired) electrons. The summed E-state index contributed by atoms with van der Waals surface area (Å²) in [5, 5.41) is 0. The van der Waals surface area contributed by atoms with Gasteiger partial charge in [-0.25, -0.2) is 13.0 Å². The average Bonchev–Trinajstić information content (AvgIpc) is 2.61. The monoisotopic (exact) mass is 309 g/mol. The molecule has 0 N–H and O–H groups in total. The van der Waals surface area contributed by atoms with E-state index >= 15 is 0 Å². The van der Waals surface area contributed by atoms with E-state index in [0.29, 0.717) is 18.0 Å². The molecule has 0 saturated carbocycles. The first-order valence-corrected chi connectivity index (χ1v) is 8.84. The van der Waals surface area contributed by atoms with Crippen LogP contribution >= 0.6 is 0 Å². The summed E-state index contributed by atoms with van der Waals surface area (Å²) in [7, 11) is -1.37. The van der Waals surface area contributed by atoms with E-state index in [1.54, 1.807) is 6.07 Å². The minimum Gasteiger partial charge on any atom is -0.207 e. The van der Waals surface area contributed by atoms with Gasteiger partial charge in [0, 0.05) is 31.6 Å². The minimum absolute atomic E-state index is 0.140. The van der Waals surface area contributed by atoms with E-state index in [4.69, 9.17) is 0 Å². The maximum Gasteiger partial charge on any atom is 0.243 e. The number of fused-ring (bicyclic) bond motifs is 1. The molecule has 0 fully saturated rings. The molecule has 0 aliphatic carbocycles. The molecule has 116 valence electrons. The molecule has 5 heteroatoms. The molecule has 1 aliphatic rings. The molecule has 0 bridgehead atoms. The molecular weight excluding hydrogens is 284 g/mol. The molecule has 0 unspecified atom stereocenters. The third-order valence-corrected chi connectivity index (χ3v) is 6.80. The fourth-order valence-electron chi connectivity index (χ4n) is 2.98. The van der Waals surface area contributed by atoms with Crippen molar-refractivity contribution in [2.45, 2.75) is 44.9 Å². The Hall–Kier alpha value is -1.20. The molecule has 0 amide bonds. The molecule has 1 aromatic carbocycles. The summed E-state index contributed by atoms with van der Waals surface area (Å²) in [6.45, 7) is 11.1. The van der Waals surface area contributed by atoms with Gasteiger partial charge in [-0.3, -0.25) is 0 Å². The van der Waals surface area contributed by atoms with Crippen molar-refractivity contribution in [3.8, 4) is 0 Å². The van der Waals surface area contributed by atoms with Crippen molar-refractivity contribution in [1.82, 2.24) is 4.31 Å². The van der Waals surface area contributed by atoms with Gasteiger partial charge >= 0.3 is 0 Å². The summed E-state index contributed by atoms with van der Waals surface area (Å²) in [5.74, 6) is 0. The van der Waals surface area contributed by atoms with Crippen LogP contribution in [0.25, 0.3) is 0 Å². The van der Waals surface area contributed by atoms with Crippen LogP contribution < -0.4 is 0 Å². The van der Waals surface area contributed by atoms with Crippen LogP contribution in [0.3, 0.4) is 0 Å². The highest BCUT2D eigenvalue weighted by Crippen LogP contribution is 2.40. The molecule has 1 aliphatic heterocycles. The van der Waals surface area contributed by atoms with Crippen molar-refractivity contribution in [3.63, 3.8) is 0 Å². The number of rotatable bonds is 4. The largest absolute Gasteiger partial charge is 0.243 e. The van der Waals surface area contributed by atoms with E-state index in [1.165, 1.54) is 10.0 Å². The van der Waals surface area contributed by atoms with Gasteiger partial charge in [-0.1, -0.05) is 13.8 Å². The lowest BCUT2D eigenvalue weighted by Crippen LogP contribution is -2.31. The van der Waals surface area contributed by atoms with Crippen LogP contribution in [0.4, 0.5) is 5.69 Å². The predicted octanol–water partition coefficient (Wildman–Crippen LogP) is 2.74. The van der Waals surface area contributed by atoms with E-state index in [1.807, 2.05) is 33.0 Å². The van der Waals surface area contributed by atoms with Gasteiger partial charge in [0.15, 0.2) is 5.71 Å². The summed E-state index contributed by atoms with van der Waals surface area (Å²) in [5.41, 5.74) is 3.26. The van der Waals surface area contributed by atoms with Gasteiger partial charge in [-0.15, -0.1) is 0 Å². The van der Waals surface area contributed by atoms with Crippen LogP contribution in [0.15, 0.2) is 23.1 Å². The van der Waals surface area contributed by atoms with Crippen molar-refractivity contribution in [1.29, 1.82) is 0 Å². The second-order valence-electron chi connectivity index (χ2n) is 6.04. The fraction of sp³-hybridized carbons (Fsp3) is 0.562. The van der Waals surface area contributed by atoms with Crippen LogP contribution in [0.1, 0.15) is 40.2 Å². The molecule has 0 spiro atoms. The lowest BCUT2D eigenvalue weighted by atomic mass is 9.82. The standard InChI is InChI=1S/C16H25N2O2S/c1-7-18(8-2)21(19,20)13-9-10-15-14(11-13)16(4,5)12(3)17(15)6/h9-11H,7-8H2,1-6H3/q+1. The Kier molecular flexibility index (Phi) is 4.02. The zero-order valence-electron chi connectivity index (χ0n) is 13.8. The van der Waals surface area contributed by atoms with Crippen LogP contribution in [0, 0.1) is 0 Å². The second kappa shape index (κ2) is 5.21. The number of sulfonamides is 1. The Morgan fingerprint density at radius 3 is 2.29 bits per heavy atom. The maximum atomic E-state index is 12.7. The lowest BCUT2D eigenvalue weighted by molar-refractivity contribution is -0.403. The number of hydrogen-bond donors (Lipinski definition) is 0. The smallest absolute Gasteiger partial charge is 0.207 e. The van der Waals surface area contributed by atoms with Crippen LogP contribution in [0.2, 0.25) is 0 Å². The Labute approximate surface area is 128 Å². The summed E-state index contributed by atoms with van der Waals surface area (Å²) in [6.07, 6.45) is 0. The normalized spacial score (nSPS) is 17.5. The van der Waals surface area contributed by atoms with Crippen LogP contribution in [-0.4, -0.2) is 43.1 Å². The first kappa shape index (κ1) is 16.2. The van der Waals surface area contributed by atoms with E-state index < -0.39 is 10.0 Å². The van der Waals surface area contributed by atoms with Crippen molar-refractivity contribution in [3.05, 3.63) is 23.8 Å². The van der Waals surface area contributed by atoms with Crippen LogP contribution in [0.5, 0.6) is 0 Å². The van der Waals surface area contributed by atoms with Gasteiger partial charge in [0.25, 0.3) is 0 Å². The summed E-state index contributed by atoms with van der Waals surface area (Å²) < 4.78 is 29.0. The van der Waals surface area contributed by atoms with Gasteiger partial charge in [0.2, 0.25) is 15.7 Å². The Morgan fingerprint density at radius 2 is 1.76 bits per heavy atom. The molecule has 21 heavy (non-hydrogen) atoms. The Bertz CT molecular complexity index is 699. The third kappa shape index (κ3) is 2.32. The number of nitrogens with zero attached hydrogens (tertiary/aromatic N) is 2. The SMILES string of the molecule is CCN(CC)S(=O)(=O)c1ccc2c(c1)C(C)(C)C(C)=[N+]2C. The molecule has 0 atom stereocenters. The van der Waals surface area contributed by atoms with E-state index in [2.05, 4.69) is 25.3 Å². The first-order chi connectivity index (χ1) is 9.67. The average molecular weight is 309 g/mol. The molecule has 1 aromatic rings. The molecule has 4 nitrogen and oxygen atoms in total. The highest BCUT2D eigenvalue weighted by Gasteiger charge is 2.42. The second-order valence-corrected chi connectivity index (χ2v) is 7.98. The highest BCUT2D eigenvalue weighted by atomic mass is 32.2. The lowest BCUT2D eigenvalue weighted by Gasteiger charge is -2.20. The van der Waals surface area contributed by atoms with Gasteiger partial charge in [0.1, 0.15) is 7.05 Å². The Balaban J connectivity index is 2.59. The van der Waals surface area contributed by atoms with Crippen LogP contribution in [-0.2, 0) is 15.4 Å². The minimum atomic E-state index is -3.40. The topological polar surface area (TPSA) is 40.4 Å². The molecule has 0 saturated heterocycles. The zero-order chi connectivity index (χ0) is 16.0. The number of benzene rings is 1. The third-order valence-electron chi connectivity index (χ3n) is 4.75. The van der Waals surface area contributed by atoms with Gasteiger partial charge in [-0.2, -0.15) is 4.31 Å². The number of hydrogen-bond acceptors (Lipinski definition) is 2. The quantitative estimate of drug-likeness (QED) is 0.802. The Morgan fingerprint density at radius 1 is 1.19 bits per heavy atom. The molecule has 1 heterocycles. The maximum absolute atomic E-state index is 12.7. The van der Waals surface area contributed by atoms with Gasteiger partial charge in [-0.05, 0) is 26.0 Å². The fourth-order valence-corrected chi connectivity index (χ4v) is 4.46. The summed E-state index contributed by atoms with van der Waals surface area (Å²) in [6, 6.07) is 5.48.